The fourth-order valence-corrected chi connectivity index (χ4v) is 3.48. The summed E-state index contributed by atoms with van der Waals surface area (Å²) in [5.74, 6) is 0.959. The molecule has 0 saturated heterocycles. The molecule has 2 aromatic rings. The van der Waals surface area contributed by atoms with Gasteiger partial charge in [-0.05, 0) is 24.6 Å². The van der Waals surface area contributed by atoms with E-state index in [-0.39, 0.29) is 23.1 Å². The second kappa shape index (κ2) is 5.43. The fraction of sp³-hybridized carbons (Fsp3) is 0.143. The Labute approximate surface area is 131 Å². The first kappa shape index (κ1) is 15.1. The summed E-state index contributed by atoms with van der Waals surface area (Å²) in [6, 6.07) is 8.29. The van der Waals surface area contributed by atoms with Crippen molar-refractivity contribution in [1.29, 1.82) is 0 Å². The molecule has 0 amide bonds. The van der Waals surface area contributed by atoms with Crippen LogP contribution in [0.3, 0.4) is 0 Å². The summed E-state index contributed by atoms with van der Waals surface area (Å²) in [5, 5.41) is 10.8. The first-order valence-corrected chi connectivity index (χ1v) is 8.03. The van der Waals surface area contributed by atoms with Crippen LogP contribution in [0.25, 0.3) is 0 Å². The Hall–Kier alpha value is -2.81. The van der Waals surface area contributed by atoms with Crippen molar-refractivity contribution >= 4 is 21.4 Å². The second-order valence-corrected chi connectivity index (χ2v) is 6.53. The van der Waals surface area contributed by atoms with E-state index in [2.05, 4.69) is 4.72 Å². The van der Waals surface area contributed by atoms with Crippen molar-refractivity contribution in [2.45, 2.75) is 11.8 Å². The van der Waals surface area contributed by atoms with Crippen LogP contribution in [0.15, 0.2) is 41.3 Å². The maximum atomic E-state index is 12.5. The average Bonchev–Trinajstić information content (AvgIpc) is 2.94. The molecule has 120 valence electrons. The van der Waals surface area contributed by atoms with Gasteiger partial charge in [0.25, 0.3) is 15.7 Å². The number of rotatable bonds is 4. The molecule has 1 aliphatic heterocycles. The number of nitro benzene ring substituents is 1. The number of ether oxygens (including phenoxy) is 2. The van der Waals surface area contributed by atoms with Crippen LogP contribution in [0.4, 0.5) is 11.4 Å². The number of anilines is 1. The molecule has 1 heterocycles. The zero-order chi connectivity index (χ0) is 16.6. The first-order valence-electron chi connectivity index (χ1n) is 6.54. The number of hydrogen-bond donors (Lipinski definition) is 1. The van der Waals surface area contributed by atoms with E-state index in [1.54, 1.807) is 13.0 Å². The molecule has 1 aliphatic rings. The smallest absolute Gasteiger partial charge is 0.270 e. The number of sulfonamides is 1. The summed E-state index contributed by atoms with van der Waals surface area (Å²) >= 11 is 0. The van der Waals surface area contributed by atoms with E-state index in [0.29, 0.717) is 17.1 Å². The van der Waals surface area contributed by atoms with Gasteiger partial charge in [0.2, 0.25) is 6.79 Å². The molecule has 3 rings (SSSR count). The number of non-ortho nitro benzene ring substituents is 1. The average molecular weight is 336 g/mol. The van der Waals surface area contributed by atoms with Gasteiger partial charge in [0, 0.05) is 18.2 Å². The fourth-order valence-electron chi connectivity index (χ4n) is 2.16. The SMILES string of the molecule is Cc1ccc([N+](=O)[O-])cc1S(=O)(=O)Nc1ccc2c(c1)OCO2. The highest BCUT2D eigenvalue weighted by Crippen LogP contribution is 2.35. The molecule has 0 bridgehead atoms. The quantitative estimate of drug-likeness (QED) is 0.678. The van der Waals surface area contributed by atoms with E-state index in [4.69, 9.17) is 9.47 Å². The Kier molecular flexibility index (Phi) is 3.57. The first-order chi connectivity index (χ1) is 10.9. The summed E-state index contributed by atoms with van der Waals surface area (Å²) in [7, 11) is -3.97. The van der Waals surface area contributed by atoms with Gasteiger partial charge in [-0.3, -0.25) is 14.8 Å². The molecule has 0 aromatic heterocycles. The van der Waals surface area contributed by atoms with Crippen LogP contribution < -0.4 is 14.2 Å². The van der Waals surface area contributed by atoms with Gasteiger partial charge in [-0.25, -0.2) is 8.42 Å². The number of nitro groups is 1. The van der Waals surface area contributed by atoms with Gasteiger partial charge < -0.3 is 9.47 Å². The molecule has 0 aliphatic carbocycles. The van der Waals surface area contributed by atoms with E-state index in [0.717, 1.165) is 6.07 Å². The maximum absolute atomic E-state index is 12.5. The predicted molar refractivity (Wildman–Crippen MR) is 81.2 cm³/mol. The van der Waals surface area contributed by atoms with Crippen molar-refractivity contribution in [3.8, 4) is 11.5 Å². The number of aryl methyl sites for hydroxylation is 1. The van der Waals surface area contributed by atoms with E-state index in [9.17, 15) is 18.5 Å². The summed E-state index contributed by atoms with van der Waals surface area (Å²) in [5.41, 5.74) is 0.394. The molecule has 0 fully saturated rings. The summed E-state index contributed by atoms with van der Waals surface area (Å²) in [6.07, 6.45) is 0. The minimum absolute atomic E-state index is 0.0789. The minimum Gasteiger partial charge on any atom is -0.454 e. The van der Waals surface area contributed by atoms with Crippen molar-refractivity contribution in [3.63, 3.8) is 0 Å². The number of fused-ring (bicyclic) bond motifs is 1. The van der Waals surface area contributed by atoms with Crippen LogP contribution in [0.5, 0.6) is 11.5 Å². The molecule has 1 N–H and O–H groups in total. The zero-order valence-electron chi connectivity index (χ0n) is 12.0. The van der Waals surface area contributed by atoms with Crippen molar-refractivity contribution < 1.29 is 22.8 Å². The highest BCUT2D eigenvalue weighted by Gasteiger charge is 2.22. The predicted octanol–water partition coefficient (Wildman–Crippen LogP) is 2.43. The maximum Gasteiger partial charge on any atom is 0.270 e. The highest BCUT2D eigenvalue weighted by molar-refractivity contribution is 7.92. The summed E-state index contributed by atoms with van der Waals surface area (Å²) < 4.78 is 37.7. The number of benzene rings is 2. The van der Waals surface area contributed by atoms with Crippen molar-refractivity contribution in [2.75, 3.05) is 11.5 Å². The van der Waals surface area contributed by atoms with Crippen LogP contribution in [0, 0.1) is 17.0 Å². The molecule has 0 unspecified atom stereocenters. The molecule has 2 aromatic carbocycles. The van der Waals surface area contributed by atoms with Gasteiger partial charge in [0.1, 0.15) is 0 Å². The Morgan fingerprint density at radius 1 is 1.13 bits per heavy atom. The van der Waals surface area contributed by atoms with Gasteiger partial charge in [0.15, 0.2) is 11.5 Å². The Morgan fingerprint density at radius 2 is 1.87 bits per heavy atom. The third-order valence-electron chi connectivity index (χ3n) is 3.30. The normalized spacial score (nSPS) is 12.9. The van der Waals surface area contributed by atoms with Gasteiger partial charge in [-0.15, -0.1) is 0 Å². The highest BCUT2D eigenvalue weighted by atomic mass is 32.2. The monoisotopic (exact) mass is 336 g/mol. The molecule has 0 atom stereocenters. The number of nitrogens with one attached hydrogen (secondary N) is 1. The van der Waals surface area contributed by atoms with Crippen molar-refractivity contribution in [1.82, 2.24) is 0 Å². The third kappa shape index (κ3) is 2.90. The van der Waals surface area contributed by atoms with E-state index < -0.39 is 14.9 Å². The Bertz CT molecular complexity index is 894. The van der Waals surface area contributed by atoms with E-state index in [1.807, 2.05) is 0 Å². The lowest BCUT2D eigenvalue weighted by atomic mass is 10.2. The molecular weight excluding hydrogens is 324 g/mol. The van der Waals surface area contributed by atoms with Crippen LogP contribution in [-0.2, 0) is 10.0 Å². The van der Waals surface area contributed by atoms with E-state index in [1.165, 1.54) is 24.3 Å². The molecule has 9 heteroatoms. The standard InChI is InChI=1S/C14H12N2O6S/c1-9-2-4-11(16(17)18)7-14(9)23(19,20)15-10-3-5-12-13(6-10)22-8-21-12/h2-7,15H,8H2,1H3. The molecule has 8 nitrogen and oxygen atoms in total. The minimum atomic E-state index is -3.97. The van der Waals surface area contributed by atoms with Crippen LogP contribution in [0.2, 0.25) is 0 Å². The number of nitrogens with zero attached hydrogens (tertiary/aromatic N) is 1. The van der Waals surface area contributed by atoms with Gasteiger partial charge in [-0.1, -0.05) is 6.07 Å². The van der Waals surface area contributed by atoms with Crippen molar-refractivity contribution in [3.05, 3.63) is 52.1 Å². The third-order valence-corrected chi connectivity index (χ3v) is 4.82. The van der Waals surface area contributed by atoms with Gasteiger partial charge in [0.05, 0.1) is 15.5 Å². The van der Waals surface area contributed by atoms with Gasteiger partial charge >= 0.3 is 0 Å². The summed E-state index contributed by atoms with van der Waals surface area (Å²) in [6.45, 7) is 1.65. The summed E-state index contributed by atoms with van der Waals surface area (Å²) in [4.78, 5) is 10.0. The topological polar surface area (TPSA) is 108 Å². The molecule has 0 saturated carbocycles. The largest absolute Gasteiger partial charge is 0.454 e. The number of hydrogen-bond acceptors (Lipinski definition) is 6. The van der Waals surface area contributed by atoms with Gasteiger partial charge in [-0.2, -0.15) is 0 Å². The molecule has 0 spiro atoms. The van der Waals surface area contributed by atoms with E-state index >= 15 is 0 Å². The molecular formula is C14H12N2O6S. The van der Waals surface area contributed by atoms with Crippen LogP contribution in [-0.4, -0.2) is 20.1 Å². The lowest BCUT2D eigenvalue weighted by Gasteiger charge is -2.10. The van der Waals surface area contributed by atoms with Crippen LogP contribution in [0.1, 0.15) is 5.56 Å². The lowest BCUT2D eigenvalue weighted by molar-refractivity contribution is -0.385. The zero-order valence-corrected chi connectivity index (χ0v) is 12.8. The lowest BCUT2D eigenvalue weighted by Crippen LogP contribution is -2.14. The van der Waals surface area contributed by atoms with Crippen molar-refractivity contribution in [2.24, 2.45) is 0 Å². The molecule has 0 radical (unpaired) electrons. The molecule has 23 heavy (non-hydrogen) atoms. The Morgan fingerprint density at radius 3 is 2.61 bits per heavy atom. The second-order valence-electron chi connectivity index (χ2n) is 4.88. The van der Waals surface area contributed by atoms with Crippen LogP contribution >= 0.6 is 0 Å². The Balaban J connectivity index is 1.96.